The van der Waals surface area contributed by atoms with Crippen molar-refractivity contribution in [2.45, 2.75) is 13.3 Å². The number of rotatable bonds is 2. The number of carbonyl (C=O) groups excluding carboxylic acids is 2. The topological polar surface area (TPSA) is 52.7 Å². The number of carbonyl (C=O) groups is 2. The van der Waals surface area contributed by atoms with Crippen LogP contribution in [0.25, 0.3) is 0 Å². The zero-order chi connectivity index (χ0) is 15.5. The molecular weight excluding hydrogens is 314 g/mol. The number of hydrogen-bond acceptors (Lipinski definition) is 3. The molecule has 0 aromatic heterocycles. The fraction of sp³-hybridized carbons (Fsp3) is 0.529. The van der Waals surface area contributed by atoms with E-state index >= 15 is 0 Å². The van der Waals surface area contributed by atoms with Gasteiger partial charge in [-0.05, 0) is 32.0 Å². The molecule has 1 N–H and O–H groups in total. The van der Waals surface area contributed by atoms with Crippen molar-refractivity contribution in [3.63, 3.8) is 0 Å². The molecule has 1 aromatic rings. The minimum atomic E-state index is 0. The molecule has 1 unspecified atom stereocenters. The molecule has 0 aliphatic carbocycles. The SMILES string of the molecule is Cc1ccc(C(=O)N2CCN(C(=O)C3CCNC3)CC2)cc1.Cl. The van der Waals surface area contributed by atoms with E-state index in [9.17, 15) is 9.59 Å². The zero-order valence-corrected chi connectivity index (χ0v) is 14.3. The Labute approximate surface area is 143 Å². The number of hydrogen-bond donors (Lipinski definition) is 1. The highest BCUT2D eigenvalue weighted by atomic mass is 35.5. The Morgan fingerprint density at radius 2 is 1.65 bits per heavy atom. The first-order valence-electron chi connectivity index (χ1n) is 8.00. The fourth-order valence-electron chi connectivity index (χ4n) is 3.13. The molecule has 2 fully saturated rings. The highest BCUT2D eigenvalue weighted by Crippen LogP contribution is 2.15. The van der Waals surface area contributed by atoms with Crippen molar-refractivity contribution in [2.24, 2.45) is 5.92 Å². The van der Waals surface area contributed by atoms with Gasteiger partial charge >= 0.3 is 0 Å². The first-order valence-corrected chi connectivity index (χ1v) is 8.00. The molecule has 2 heterocycles. The molecule has 0 saturated carbocycles. The first-order chi connectivity index (χ1) is 10.6. The molecule has 2 aliphatic heterocycles. The molecule has 3 rings (SSSR count). The van der Waals surface area contributed by atoms with E-state index in [-0.39, 0.29) is 30.1 Å². The van der Waals surface area contributed by atoms with Crippen LogP contribution in [0, 0.1) is 12.8 Å². The summed E-state index contributed by atoms with van der Waals surface area (Å²) in [5.41, 5.74) is 1.88. The molecule has 2 aliphatic rings. The highest BCUT2D eigenvalue weighted by molar-refractivity contribution is 5.94. The van der Waals surface area contributed by atoms with Gasteiger partial charge in [-0.15, -0.1) is 12.4 Å². The molecule has 126 valence electrons. The van der Waals surface area contributed by atoms with Gasteiger partial charge in [0.1, 0.15) is 0 Å². The lowest BCUT2D eigenvalue weighted by molar-refractivity contribution is -0.136. The molecule has 5 nitrogen and oxygen atoms in total. The van der Waals surface area contributed by atoms with E-state index in [1.165, 1.54) is 0 Å². The maximum atomic E-state index is 12.5. The minimum absolute atomic E-state index is 0. The predicted molar refractivity (Wildman–Crippen MR) is 91.9 cm³/mol. The maximum Gasteiger partial charge on any atom is 0.253 e. The summed E-state index contributed by atoms with van der Waals surface area (Å²) in [6, 6.07) is 7.67. The van der Waals surface area contributed by atoms with Crippen LogP contribution in [0.3, 0.4) is 0 Å². The summed E-state index contributed by atoms with van der Waals surface area (Å²) in [6.45, 7) is 6.28. The number of nitrogens with zero attached hydrogens (tertiary/aromatic N) is 2. The van der Waals surface area contributed by atoms with Gasteiger partial charge in [-0.3, -0.25) is 9.59 Å². The Kier molecular flexibility index (Phi) is 6.02. The summed E-state index contributed by atoms with van der Waals surface area (Å²) in [6.07, 6.45) is 0.932. The van der Waals surface area contributed by atoms with Crippen LogP contribution in [0.15, 0.2) is 24.3 Å². The normalized spacial score (nSPS) is 21.0. The first kappa shape index (κ1) is 17.8. The number of amides is 2. The third kappa shape index (κ3) is 4.03. The number of nitrogens with one attached hydrogen (secondary N) is 1. The Balaban J connectivity index is 0.00000192. The van der Waals surface area contributed by atoms with Crippen LogP contribution in [-0.4, -0.2) is 60.9 Å². The summed E-state index contributed by atoms with van der Waals surface area (Å²) in [7, 11) is 0. The third-order valence-corrected chi connectivity index (χ3v) is 4.59. The van der Waals surface area contributed by atoms with Gasteiger partial charge in [-0.1, -0.05) is 17.7 Å². The molecule has 1 aromatic carbocycles. The van der Waals surface area contributed by atoms with E-state index in [0.717, 1.165) is 30.6 Å². The standard InChI is InChI=1S/C17H23N3O2.ClH/c1-13-2-4-14(5-3-13)16(21)19-8-10-20(11-9-19)17(22)15-6-7-18-12-15;/h2-5,15,18H,6-12H2,1H3;1H. The van der Waals surface area contributed by atoms with Crippen LogP contribution in [0.5, 0.6) is 0 Å². The summed E-state index contributed by atoms with van der Waals surface area (Å²) >= 11 is 0. The lowest BCUT2D eigenvalue weighted by Gasteiger charge is -2.36. The monoisotopic (exact) mass is 337 g/mol. The predicted octanol–water partition coefficient (Wildman–Crippen LogP) is 1.31. The van der Waals surface area contributed by atoms with Gasteiger partial charge in [-0.2, -0.15) is 0 Å². The zero-order valence-electron chi connectivity index (χ0n) is 13.5. The van der Waals surface area contributed by atoms with Gasteiger partial charge in [0.05, 0.1) is 5.92 Å². The Hall–Kier alpha value is -1.59. The second-order valence-corrected chi connectivity index (χ2v) is 6.17. The molecule has 0 spiro atoms. The molecule has 1 atom stereocenters. The van der Waals surface area contributed by atoms with Gasteiger partial charge < -0.3 is 15.1 Å². The van der Waals surface area contributed by atoms with Crippen molar-refractivity contribution >= 4 is 24.2 Å². The molecule has 2 saturated heterocycles. The van der Waals surface area contributed by atoms with E-state index in [1.807, 2.05) is 41.0 Å². The largest absolute Gasteiger partial charge is 0.339 e. The van der Waals surface area contributed by atoms with Crippen molar-refractivity contribution in [3.8, 4) is 0 Å². The van der Waals surface area contributed by atoms with Gasteiger partial charge in [0.2, 0.25) is 5.91 Å². The summed E-state index contributed by atoms with van der Waals surface area (Å²) in [5.74, 6) is 0.432. The minimum Gasteiger partial charge on any atom is -0.339 e. The average Bonchev–Trinajstić information content (AvgIpc) is 3.09. The Morgan fingerprint density at radius 1 is 1.04 bits per heavy atom. The van der Waals surface area contributed by atoms with Crippen molar-refractivity contribution in [1.82, 2.24) is 15.1 Å². The van der Waals surface area contributed by atoms with Crippen molar-refractivity contribution in [1.29, 1.82) is 0 Å². The lowest BCUT2D eigenvalue weighted by atomic mass is 10.1. The summed E-state index contributed by atoms with van der Waals surface area (Å²) < 4.78 is 0. The molecule has 6 heteroatoms. The van der Waals surface area contributed by atoms with Crippen molar-refractivity contribution in [2.75, 3.05) is 39.3 Å². The van der Waals surface area contributed by atoms with Crippen LogP contribution >= 0.6 is 12.4 Å². The van der Waals surface area contributed by atoms with E-state index in [4.69, 9.17) is 0 Å². The molecule has 23 heavy (non-hydrogen) atoms. The smallest absolute Gasteiger partial charge is 0.253 e. The number of halogens is 1. The summed E-state index contributed by atoms with van der Waals surface area (Å²) in [4.78, 5) is 28.6. The lowest BCUT2D eigenvalue weighted by Crippen LogP contribution is -2.52. The Morgan fingerprint density at radius 3 is 2.22 bits per heavy atom. The van der Waals surface area contributed by atoms with Gasteiger partial charge in [0.25, 0.3) is 5.91 Å². The van der Waals surface area contributed by atoms with E-state index < -0.39 is 0 Å². The molecule has 2 amide bonds. The van der Waals surface area contributed by atoms with Gasteiger partial charge in [-0.25, -0.2) is 0 Å². The van der Waals surface area contributed by atoms with Gasteiger partial charge in [0, 0.05) is 38.3 Å². The second-order valence-electron chi connectivity index (χ2n) is 6.17. The van der Waals surface area contributed by atoms with Crippen LogP contribution in [-0.2, 0) is 4.79 Å². The van der Waals surface area contributed by atoms with Crippen molar-refractivity contribution < 1.29 is 9.59 Å². The number of aryl methyl sites for hydroxylation is 1. The van der Waals surface area contributed by atoms with Crippen LogP contribution < -0.4 is 5.32 Å². The third-order valence-electron chi connectivity index (χ3n) is 4.59. The summed E-state index contributed by atoms with van der Waals surface area (Å²) in [5, 5.41) is 3.23. The van der Waals surface area contributed by atoms with Crippen molar-refractivity contribution in [3.05, 3.63) is 35.4 Å². The van der Waals surface area contributed by atoms with Crippen LogP contribution in [0.2, 0.25) is 0 Å². The molecule has 0 bridgehead atoms. The van der Waals surface area contributed by atoms with E-state index in [1.54, 1.807) is 0 Å². The Bertz CT molecular complexity index is 547. The fourth-order valence-corrected chi connectivity index (χ4v) is 3.13. The quantitative estimate of drug-likeness (QED) is 0.885. The van der Waals surface area contributed by atoms with Crippen LogP contribution in [0.1, 0.15) is 22.3 Å². The maximum absolute atomic E-state index is 12.5. The highest BCUT2D eigenvalue weighted by Gasteiger charge is 2.30. The van der Waals surface area contributed by atoms with E-state index in [2.05, 4.69) is 5.32 Å². The number of piperazine rings is 1. The number of benzene rings is 1. The average molecular weight is 338 g/mol. The van der Waals surface area contributed by atoms with Gasteiger partial charge in [0.15, 0.2) is 0 Å². The van der Waals surface area contributed by atoms with E-state index in [0.29, 0.717) is 26.2 Å². The molecular formula is C17H24ClN3O2. The van der Waals surface area contributed by atoms with Crippen LogP contribution in [0.4, 0.5) is 0 Å². The molecule has 0 radical (unpaired) electrons. The second kappa shape index (κ2) is 7.79.